The molecule has 2 aromatic rings. The van der Waals surface area contributed by atoms with Crippen molar-refractivity contribution in [3.63, 3.8) is 0 Å². The van der Waals surface area contributed by atoms with E-state index in [1.165, 1.54) is 0 Å². The van der Waals surface area contributed by atoms with E-state index in [1.54, 1.807) is 13.2 Å². The molecule has 3 rings (SSSR count). The number of benzene rings is 2. The Hall–Kier alpha value is -2.88. The summed E-state index contributed by atoms with van der Waals surface area (Å²) in [6.45, 7) is 3.18. The van der Waals surface area contributed by atoms with Crippen LogP contribution in [0.15, 0.2) is 60.7 Å². The lowest BCUT2D eigenvalue weighted by Gasteiger charge is -2.30. The number of Topliss-reactive ketones (excluding diaryl/α,β-unsaturated/α-hetero) is 1. The molecule has 0 radical (unpaired) electrons. The van der Waals surface area contributed by atoms with E-state index >= 15 is 0 Å². The summed E-state index contributed by atoms with van der Waals surface area (Å²) in [5.74, 6) is 0.890. The van der Waals surface area contributed by atoms with Crippen LogP contribution in [0.3, 0.4) is 0 Å². The fourth-order valence-electron chi connectivity index (χ4n) is 3.41. The summed E-state index contributed by atoms with van der Waals surface area (Å²) in [6, 6.07) is 17.1. The number of ether oxygens (including phenoxy) is 1. The van der Waals surface area contributed by atoms with E-state index < -0.39 is 0 Å². The molecule has 1 aliphatic heterocycles. The number of methoxy groups -OCH3 is 1. The number of hydrogen-bond donors (Lipinski definition) is 0. The van der Waals surface area contributed by atoms with Gasteiger partial charge in [0, 0.05) is 30.6 Å². The SMILES string of the molecule is COc1ccc(C(=O)C2CCN(C(=O)/C=C(/C)c3ccccc3)CC2)cc1. The third-order valence-corrected chi connectivity index (χ3v) is 5.12. The zero-order chi connectivity index (χ0) is 19.2. The second-order valence-electron chi connectivity index (χ2n) is 6.89. The van der Waals surface area contributed by atoms with Crippen molar-refractivity contribution in [2.45, 2.75) is 19.8 Å². The van der Waals surface area contributed by atoms with Crippen molar-refractivity contribution < 1.29 is 14.3 Å². The van der Waals surface area contributed by atoms with Gasteiger partial charge in [0.05, 0.1) is 7.11 Å². The minimum Gasteiger partial charge on any atom is -0.497 e. The van der Waals surface area contributed by atoms with Gasteiger partial charge in [-0.2, -0.15) is 0 Å². The average Bonchev–Trinajstić information content (AvgIpc) is 2.74. The number of piperidine rings is 1. The molecule has 0 atom stereocenters. The fourth-order valence-corrected chi connectivity index (χ4v) is 3.41. The van der Waals surface area contributed by atoms with Gasteiger partial charge < -0.3 is 9.64 Å². The highest BCUT2D eigenvalue weighted by molar-refractivity contribution is 5.98. The van der Waals surface area contributed by atoms with E-state index in [1.807, 2.05) is 66.4 Å². The minimum absolute atomic E-state index is 0.0201. The normalized spacial score (nSPS) is 15.5. The molecule has 0 unspecified atom stereocenters. The van der Waals surface area contributed by atoms with Crippen LogP contribution >= 0.6 is 0 Å². The molecule has 1 fully saturated rings. The Balaban J connectivity index is 1.58. The Morgan fingerprint density at radius 3 is 2.19 bits per heavy atom. The number of nitrogens with zero attached hydrogens (tertiary/aromatic N) is 1. The standard InChI is InChI=1S/C23H25NO3/c1-17(18-6-4-3-5-7-18)16-22(25)24-14-12-20(13-15-24)23(26)19-8-10-21(27-2)11-9-19/h3-11,16,20H,12-15H2,1-2H3/b17-16-. The number of likely N-dealkylation sites (tertiary alicyclic amines) is 1. The largest absolute Gasteiger partial charge is 0.497 e. The predicted molar refractivity (Wildman–Crippen MR) is 107 cm³/mol. The van der Waals surface area contributed by atoms with Gasteiger partial charge in [-0.1, -0.05) is 30.3 Å². The number of carbonyl (C=O) groups is 2. The summed E-state index contributed by atoms with van der Waals surface area (Å²) in [4.78, 5) is 27.1. The maximum absolute atomic E-state index is 12.7. The molecule has 1 heterocycles. The quantitative estimate of drug-likeness (QED) is 0.590. The molecular formula is C23H25NO3. The molecule has 0 aliphatic carbocycles. The molecule has 1 aliphatic rings. The Labute approximate surface area is 160 Å². The first kappa shape index (κ1) is 18.9. The zero-order valence-corrected chi connectivity index (χ0v) is 15.9. The third-order valence-electron chi connectivity index (χ3n) is 5.12. The second kappa shape index (κ2) is 8.67. The minimum atomic E-state index is -0.0263. The van der Waals surface area contributed by atoms with Gasteiger partial charge in [0.1, 0.15) is 5.75 Å². The highest BCUT2D eigenvalue weighted by Crippen LogP contribution is 2.24. The molecule has 2 aromatic carbocycles. The van der Waals surface area contributed by atoms with Gasteiger partial charge in [-0.3, -0.25) is 9.59 Å². The molecule has 0 aromatic heterocycles. The monoisotopic (exact) mass is 363 g/mol. The highest BCUT2D eigenvalue weighted by atomic mass is 16.5. The van der Waals surface area contributed by atoms with Crippen LogP contribution in [-0.2, 0) is 4.79 Å². The van der Waals surface area contributed by atoms with Crippen molar-refractivity contribution in [2.24, 2.45) is 5.92 Å². The van der Waals surface area contributed by atoms with Crippen LogP contribution in [0.5, 0.6) is 5.75 Å². The van der Waals surface area contributed by atoms with E-state index in [9.17, 15) is 9.59 Å². The molecule has 1 saturated heterocycles. The summed E-state index contributed by atoms with van der Waals surface area (Å²) in [7, 11) is 1.61. The van der Waals surface area contributed by atoms with E-state index in [0.29, 0.717) is 31.5 Å². The molecule has 27 heavy (non-hydrogen) atoms. The molecule has 0 N–H and O–H groups in total. The van der Waals surface area contributed by atoms with Gasteiger partial charge in [-0.05, 0) is 55.2 Å². The summed E-state index contributed by atoms with van der Waals surface area (Å²) in [5, 5.41) is 0. The molecular weight excluding hydrogens is 338 g/mol. The van der Waals surface area contributed by atoms with Gasteiger partial charge in [0.25, 0.3) is 0 Å². The number of carbonyl (C=O) groups excluding carboxylic acids is 2. The van der Waals surface area contributed by atoms with Crippen molar-refractivity contribution in [1.82, 2.24) is 4.90 Å². The molecule has 140 valence electrons. The van der Waals surface area contributed by atoms with Crippen LogP contribution in [-0.4, -0.2) is 36.8 Å². The predicted octanol–water partition coefficient (Wildman–Crippen LogP) is 4.22. The summed E-state index contributed by atoms with van der Waals surface area (Å²) >= 11 is 0. The van der Waals surface area contributed by atoms with Gasteiger partial charge in [0.15, 0.2) is 5.78 Å². The molecule has 0 bridgehead atoms. The number of allylic oxidation sites excluding steroid dienone is 1. The van der Waals surface area contributed by atoms with E-state index in [-0.39, 0.29) is 17.6 Å². The lowest BCUT2D eigenvalue weighted by molar-refractivity contribution is -0.127. The van der Waals surface area contributed by atoms with Crippen LogP contribution in [0, 0.1) is 5.92 Å². The van der Waals surface area contributed by atoms with Crippen LogP contribution in [0.2, 0.25) is 0 Å². The van der Waals surface area contributed by atoms with Crippen molar-refractivity contribution in [2.75, 3.05) is 20.2 Å². The lowest BCUT2D eigenvalue weighted by Crippen LogP contribution is -2.39. The first-order valence-electron chi connectivity index (χ1n) is 9.29. The highest BCUT2D eigenvalue weighted by Gasteiger charge is 2.27. The summed E-state index contributed by atoms with van der Waals surface area (Å²) < 4.78 is 5.14. The lowest BCUT2D eigenvalue weighted by atomic mass is 9.89. The Morgan fingerprint density at radius 1 is 0.963 bits per heavy atom. The smallest absolute Gasteiger partial charge is 0.246 e. The average molecular weight is 363 g/mol. The van der Waals surface area contributed by atoms with Gasteiger partial charge in [0.2, 0.25) is 5.91 Å². The van der Waals surface area contributed by atoms with Crippen molar-refractivity contribution in [1.29, 1.82) is 0 Å². The van der Waals surface area contributed by atoms with Crippen LogP contribution in [0.4, 0.5) is 0 Å². The van der Waals surface area contributed by atoms with Crippen LogP contribution in [0.1, 0.15) is 35.7 Å². The number of amides is 1. The van der Waals surface area contributed by atoms with Crippen LogP contribution in [0.25, 0.3) is 5.57 Å². The van der Waals surface area contributed by atoms with Crippen molar-refractivity contribution in [3.8, 4) is 5.75 Å². The topological polar surface area (TPSA) is 46.6 Å². The van der Waals surface area contributed by atoms with E-state index in [4.69, 9.17) is 4.74 Å². The fraction of sp³-hybridized carbons (Fsp3) is 0.304. The third kappa shape index (κ3) is 4.64. The van der Waals surface area contributed by atoms with E-state index in [2.05, 4.69) is 0 Å². The number of rotatable bonds is 5. The van der Waals surface area contributed by atoms with E-state index in [0.717, 1.165) is 16.9 Å². The Morgan fingerprint density at radius 2 is 1.59 bits per heavy atom. The zero-order valence-electron chi connectivity index (χ0n) is 15.9. The molecule has 4 heteroatoms. The second-order valence-corrected chi connectivity index (χ2v) is 6.89. The van der Waals surface area contributed by atoms with Gasteiger partial charge in [-0.25, -0.2) is 0 Å². The number of hydrogen-bond acceptors (Lipinski definition) is 3. The molecule has 0 saturated carbocycles. The van der Waals surface area contributed by atoms with Crippen LogP contribution < -0.4 is 4.74 Å². The van der Waals surface area contributed by atoms with Gasteiger partial charge >= 0.3 is 0 Å². The molecule has 4 nitrogen and oxygen atoms in total. The summed E-state index contributed by atoms with van der Waals surface area (Å²) in [6.07, 6.45) is 3.10. The maximum atomic E-state index is 12.7. The van der Waals surface area contributed by atoms with Crippen molar-refractivity contribution in [3.05, 3.63) is 71.8 Å². The first-order chi connectivity index (χ1) is 13.1. The summed E-state index contributed by atoms with van der Waals surface area (Å²) in [5.41, 5.74) is 2.72. The molecule has 0 spiro atoms. The van der Waals surface area contributed by atoms with Crippen molar-refractivity contribution >= 4 is 17.3 Å². The first-order valence-corrected chi connectivity index (χ1v) is 9.29. The maximum Gasteiger partial charge on any atom is 0.246 e. The Bertz CT molecular complexity index is 816. The Kier molecular flexibility index (Phi) is 6.07. The molecule has 1 amide bonds. The number of ketones is 1. The van der Waals surface area contributed by atoms with Gasteiger partial charge in [-0.15, -0.1) is 0 Å².